The summed E-state index contributed by atoms with van der Waals surface area (Å²) in [5, 5.41) is 10.1. The lowest BCUT2D eigenvalue weighted by molar-refractivity contribution is 0.0302. The van der Waals surface area contributed by atoms with Crippen LogP contribution in [0.15, 0.2) is 12.1 Å². The van der Waals surface area contributed by atoms with Crippen LogP contribution in [-0.2, 0) is 17.8 Å². The van der Waals surface area contributed by atoms with Crippen LogP contribution in [0.5, 0.6) is 0 Å². The predicted octanol–water partition coefficient (Wildman–Crippen LogP) is -0.664. The second-order valence-corrected chi connectivity index (χ2v) is 5.85. The lowest BCUT2D eigenvalue weighted by Crippen LogP contribution is -2.41. The summed E-state index contributed by atoms with van der Waals surface area (Å²) >= 11 is 0. The SMILES string of the molecule is O=C(c1cc2nc(c1)CNCCNCCNC2)N1CCOCC1. The summed E-state index contributed by atoms with van der Waals surface area (Å²) in [7, 11) is 0. The number of hydrogen-bond acceptors (Lipinski definition) is 6. The first-order chi connectivity index (χ1) is 11.3. The Hall–Kier alpha value is -1.54. The third-order valence-electron chi connectivity index (χ3n) is 4.05. The monoisotopic (exact) mass is 319 g/mol. The van der Waals surface area contributed by atoms with E-state index in [-0.39, 0.29) is 5.91 Å². The van der Waals surface area contributed by atoms with Crippen LogP contribution in [0.3, 0.4) is 0 Å². The molecule has 0 radical (unpaired) electrons. The molecule has 0 unspecified atom stereocenters. The van der Waals surface area contributed by atoms with Gasteiger partial charge in [0.1, 0.15) is 0 Å². The van der Waals surface area contributed by atoms with E-state index in [9.17, 15) is 4.79 Å². The maximum Gasteiger partial charge on any atom is 0.254 e. The van der Waals surface area contributed by atoms with Gasteiger partial charge in [-0.25, -0.2) is 0 Å². The Morgan fingerprint density at radius 2 is 1.52 bits per heavy atom. The quantitative estimate of drug-likeness (QED) is 0.638. The molecule has 0 saturated carbocycles. The van der Waals surface area contributed by atoms with Crippen LogP contribution in [0.2, 0.25) is 0 Å². The van der Waals surface area contributed by atoms with Crippen molar-refractivity contribution in [3.05, 3.63) is 29.1 Å². The lowest BCUT2D eigenvalue weighted by Gasteiger charge is -2.27. The fourth-order valence-electron chi connectivity index (χ4n) is 2.81. The zero-order chi connectivity index (χ0) is 15.9. The number of aromatic nitrogens is 1. The van der Waals surface area contributed by atoms with Crippen LogP contribution in [0.1, 0.15) is 21.7 Å². The van der Waals surface area contributed by atoms with Crippen LogP contribution < -0.4 is 16.0 Å². The Kier molecular flexibility index (Phi) is 5.93. The average Bonchev–Trinajstić information content (AvgIpc) is 2.59. The highest BCUT2D eigenvalue weighted by Gasteiger charge is 2.19. The largest absolute Gasteiger partial charge is 0.378 e. The molecular formula is C16H25N5O2. The van der Waals surface area contributed by atoms with Crippen molar-refractivity contribution >= 4 is 5.91 Å². The molecule has 1 aromatic heterocycles. The second kappa shape index (κ2) is 8.35. The summed E-state index contributed by atoms with van der Waals surface area (Å²) in [4.78, 5) is 19.2. The number of hydrogen-bond donors (Lipinski definition) is 3. The van der Waals surface area contributed by atoms with E-state index >= 15 is 0 Å². The summed E-state index contributed by atoms with van der Waals surface area (Å²) in [6.07, 6.45) is 0. The average molecular weight is 319 g/mol. The number of morpholine rings is 1. The van der Waals surface area contributed by atoms with Crippen LogP contribution >= 0.6 is 0 Å². The molecular weight excluding hydrogens is 294 g/mol. The molecule has 0 aromatic carbocycles. The molecule has 3 rings (SSSR count). The molecule has 3 N–H and O–H groups in total. The molecule has 2 aliphatic heterocycles. The Balaban J connectivity index is 1.77. The highest BCUT2D eigenvalue weighted by Crippen LogP contribution is 2.11. The molecule has 2 aliphatic rings. The molecule has 0 spiro atoms. The van der Waals surface area contributed by atoms with E-state index < -0.39 is 0 Å². The van der Waals surface area contributed by atoms with E-state index in [1.807, 2.05) is 17.0 Å². The highest BCUT2D eigenvalue weighted by molar-refractivity contribution is 5.94. The van der Waals surface area contributed by atoms with E-state index in [0.717, 1.165) is 43.1 Å². The standard InChI is InChI=1S/C16H25N5O2/c22-16(21-5-7-23-8-6-21)13-9-14-11-18-3-1-17-2-4-19-12-15(10-13)20-14/h9-10,17-19H,1-8,11-12H2. The van der Waals surface area contributed by atoms with Crippen LogP contribution in [-0.4, -0.2) is 68.3 Å². The van der Waals surface area contributed by atoms with E-state index in [4.69, 9.17) is 4.74 Å². The Morgan fingerprint density at radius 3 is 2.13 bits per heavy atom. The summed E-state index contributed by atoms with van der Waals surface area (Å²) in [6.45, 7) is 7.55. The minimum atomic E-state index is 0.0759. The van der Waals surface area contributed by atoms with E-state index in [0.29, 0.717) is 39.4 Å². The normalized spacial score (nSPS) is 20.4. The van der Waals surface area contributed by atoms with Crippen molar-refractivity contribution < 1.29 is 9.53 Å². The van der Waals surface area contributed by atoms with Gasteiger partial charge < -0.3 is 25.6 Å². The fraction of sp³-hybridized carbons (Fsp3) is 0.625. The molecule has 1 aromatic rings. The first-order valence-corrected chi connectivity index (χ1v) is 8.32. The van der Waals surface area contributed by atoms with Crippen molar-refractivity contribution in [2.45, 2.75) is 13.1 Å². The van der Waals surface area contributed by atoms with Crippen molar-refractivity contribution in [2.75, 3.05) is 52.5 Å². The minimum Gasteiger partial charge on any atom is -0.378 e. The van der Waals surface area contributed by atoms with E-state index in [1.165, 1.54) is 0 Å². The van der Waals surface area contributed by atoms with Gasteiger partial charge in [-0.3, -0.25) is 9.78 Å². The number of carbonyl (C=O) groups is 1. The van der Waals surface area contributed by atoms with Gasteiger partial charge in [0.15, 0.2) is 0 Å². The van der Waals surface area contributed by atoms with Gasteiger partial charge in [-0.2, -0.15) is 0 Å². The zero-order valence-electron chi connectivity index (χ0n) is 13.4. The number of pyridine rings is 1. The fourth-order valence-corrected chi connectivity index (χ4v) is 2.81. The summed E-state index contributed by atoms with van der Waals surface area (Å²) in [6, 6.07) is 3.82. The molecule has 3 heterocycles. The second-order valence-electron chi connectivity index (χ2n) is 5.85. The number of carbonyl (C=O) groups excluding carboxylic acids is 1. The van der Waals surface area contributed by atoms with Gasteiger partial charge in [0.25, 0.3) is 5.91 Å². The van der Waals surface area contributed by atoms with Gasteiger partial charge in [-0.1, -0.05) is 0 Å². The molecule has 2 bridgehead atoms. The summed E-state index contributed by atoms with van der Waals surface area (Å²) in [5.41, 5.74) is 2.56. The van der Waals surface area contributed by atoms with Crippen molar-refractivity contribution in [3.63, 3.8) is 0 Å². The number of nitrogens with zero attached hydrogens (tertiary/aromatic N) is 2. The summed E-state index contributed by atoms with van der Waals surface area (Å²) < 4.78 is 5.33. The van der Waals surface area contributed by atoms with Crippen molar-refractivity contribution in [3.8, 4) is 0 Å². The number of fused-ring (bicyclic) bond motifs is 2. The molecule has 1 saturated heterocycles. The maximum absolute atomic E-state index is 12.7. The first-order valence-electron chi connectivity index (χ1n) is 8.32. The molecule has 7 nitrogen and oxygen atoms in total. The third-order valence-corrected chi connectivity index (χ3v) is 4.05. The third kappa shape index (κ3) is 4.71. The molecule has 1 amide bonds. The highest BCUT2D eigenvalue weighted by atomic mass is 16.5. The smallest absolute Gasteiger partial charge is 0.254 e. The number of rotatable bonds is 1. The molecule has 0 aliphatic carbocycles. The van der Waals surface area contributed by atoms with Gasteiger partial charge in [0, 0.05) is 57.9 Å². The van der Waals surface area contributed by atoms with E-state index in [2.05, 4.69) is 20.9 Å². The molecule has 0 atom stereocenters. The number of amides is 1. The van der Waals surface area contributed by atoms with Gasteiger partial charge in [0.2, 0.25) is 0 Å². The van der Waals surface area contributed by atoms with Gasteiger partial charge in [-0.15, -0.1) is 0 Å². The van der Waals surface area contributed by atoms with Crippen molar-refractivity contribution in [1.82, 2.24) is 25.8 Å². The Bertz CT molecular complexity index is 503. The molecule has 126 valence electrons. The van der Waals surface area contributed by atoms with Gasteiger partial charge >= 0.3 is 0 Å². The molecule has 7 heteroatoms. The first kappa shape index (κ1) is 16.3. The number of ether oxygens (including phenoxy) is 1. The van der Waals surface area contributed by atoms with E-state index in [1.54, 1.807) is 0 Å². The van der Waals surface area contributed by atoms with Gasteiger partial charge in [-0.05, 0) is 12.1 Å². The molecule has 1 fully saturated rings. The Labute approximate surface area is 136 Å². The number of nitrogens with one attached hydrogen (secondary N) is 3. The van der Waals surface area contributed by atoms with Crippen molar-refractivity contribution in [1.29, 1.82) is 0 Å². The van der Waals surface area contributed by atoms with Gasteiger partial charge in [0.05, 0.1) is 24.6 Å². The Morgan fingerprint density at radius 1 is 0.957 bits per heavy atom. The van der Waals surface area contributed by atoms with Crippen LogP contribution in [0, 0.1) is 0 Å². The molecule has 23 heavy (non-hydrogen) atoms. The lowest BCUT2D eigenvalue weighted by atomic mass is 10.1. The van der Waals surface area contributed by atoms with Crippen LogP contribution in [0.4, 0.5) is 0 Å². The predicted molar refractivity (Wildman–Crippen MR) is 87.2 cm³/mol. The maximum atomic E-state index is 12.7. The zero-order valence-corrected chi connectivity index (χ0v) is 13.4. The minimum absolute atomic E-state index is 0.0759. The van der Waals surface area contributed by atoms with Crippen LogP contribution in [0.25, 0.3) is 0 Å². The topological polar surface area (TPSA) is 78.5 Å². The summed E-state index contributed by atoms with van der Waals surface area (Å²) in [5.74, 6) is 0.0759. The van der Waals surface area contributed by atoms with Crippen molar-refractivity contribution in [2.24, 2.45) is 0 Å².